The molecule has 1 fully saturated rings. The van der Waals surface area contributed by atoms with E-state index in [-0.39, 0.29) is 0 Å². The topological polar surface area (TPSA) is 0 Å². The second-order valence-corrected chi connectivity index (χ2v) is 4.08. The van der Waals surface area contributed by atoms with Crippen molar-refractivity contribution < 1.29 is 0 Å². The molecule has 0 aromatic rings. The Hall–Kier alpha value is 0. The Morgan fingerprint density at radius 3 is 1.90 bits per heavy atom. The minimum Gasteiger partial charge on any atom is -0.0649 e. The quantitative estimate of drug-likeness (QED) is 0.486. The lowest BCUT2D eigenvalue weighted by Gasteiger charge is -2.25. The minimum absolute atomic E-state index is 0.705. The summed E-state index contributed by atoms with van der Waals surface area (Å²) in [6.45, 7) is 4.80. The molecule has 1 aliphatic rings. The Balaban J connectivity index is 2.41. The average molecular weight is 140 g/mol. The first-order chi connectivity index (χ1) is 4.77. The molecule has 0 radical (unpaired) electrons. The maximum Gasteiger partial charge on any atom is -0.0328 e. The Morgan fingerprint density at radius 2 is 1.50 bits per heavy atom. The highest BCUT2D eigenvalue weighted by Crippen LogP contribution is 2.36. The molecule has 10 heavy (non-hydrogen) atoms. The van der Waals surface area contributed by atoms with Crippen LogP contribution in [0.15, 0.2) is 0 Å². The van der Waals surface area contributed by atoms with E-state index in [1.165, 1.54) is 44.9 Å². The first kappa shape index (κ1) is 8.10. The van der Waals surface area contributed by atoms with Crippen LogP contribution < -0.4 is 0 Å². The van der Waals surface area contributed by atoms with Gasteiger partial charge in [-0.15, -0.1) is 0 Å². The van der Waals surface area contributed by atoms with E-state index in [4.69, 9.17) is 0 Å². The van der Waals surface area contributed by atoms with Gasteiger partial charge in [0.1, 0.15) is 0 Å². The maximum atomic E-state index is 2.46. The van der Waals surface area contributed by atoms with Gasteiger partial charge in [-0.05, 0) is 18.3 Å². The standard InChI is InChI=1S/C10H20/c1-3-10(2)8-6-4-5-7-9-10/h3-9H2,1-2H3. The lowest BCUT2D eigenvalue weighted by molar-refractivity contribution is 0.266. The molecule has 0 amide bonds. The summed E-state index contributed by atoms with van der Waals surface area (Å²) in [5.41, 5.74) is 0.705. The van der Waals surface area contributed by atoms with Crippen molar-refractivity contribution in [2.45, 2.75) is 58.8 Å². The lowest BCUT2D eigenvalue weighted by Crippen LogP contribution is -2.12. The fourth-order valence-corrected chi connectivity index (χ4v) is 1.94. The van der Waals surface area contributed by atoms with Gasteiger partial charge >= 0.3 is 0 Å². The van der Waals surface area contributed by atoms with Gasteiger partial charge in [0.05, 0.1) is 0 Å². The average Bonchev–Trinajstić information content (AvgIpc) is 2.15. The van der Waals surface area contributed by atoms with Gasteiger partial charge in [0.15, 0.2) is 0 Å². The normalized spacial score (nSPS) is 25.8. The maximum absolute atomic E-state index is 2.46. The zero-order valence-electron chi connectivity index (χ0n) is 7.45. The van der Waals surface area contributed by atoms with E-state index in [0.29, 0.717) is 5.41 Å². The van der Waals surface area contributed by atoms with Crippen molar-refractivity contribution in [1.29, 1.82) is 0 Å². The molecular formula is C10H20. The van der Waals surface area contributed by atoms with Crippen LogP contribution in [-0.2, 0) is 0 Å². The SMILES string of the molecule is CCC1(C)CCCCCC1. The van der Waals surface area contributed by atoms with Crippen LogP contribution in [0.4, 0.5) is 0 Å². The van der Waals surface area contributed by atoms with Crippen molar-refractivity contribution in [3.8, 4) is 0 Å². The van der Waals surface area contributed by atoms with Crippen LogP contribution in [0.1, 0.15) is 58.8 Å². The Bertz CT molecular complexity index is 86.2. The summed E-state index contributed by atoms with van der Waals surface area (Å²) >= 11 is 0. The molecule has 0 unspecified atom stereocenters. The van der Waals surface area contributed by atoms with E-state index in [2.05, 4.69) is 13.8 Å². The molecule has 0 heterocycles. The summed E-state index contributed by atoms with van der Waals surface area (Å²) in [5, 5.41) is 0. The fourth-order valence-electron chi connectivity index (χ4n) is 1.94. The van der Waals surface area contributed by atoms with E-state index in [0.717, 1.165) is 0 Å². The molecule has 0 nitrogen and oxygen atoms in total. The molecule has 0 atom stereocenters. The molecule has 1 aliphatic carbocycles. The van der Waals surface area contributed by atoms with Crippen LogP contribution in [0.2, 0.25) is 0 Å². The van der Waals surface area contributed by atoms with Gasteiger partial charge in [-0.2, -0.15) is 0 Å². The second-order valence-electron chi connectivity index (χ2n) is 4.08. The van der Waals surface area contributed by atoms with Gasteiger partial charge in [-0.1, -0.05) is 46.0 Å². The monoisotopic (exact) mass is 140 g/mol. The highest BCUT2D eigenvalue weighted by molar-refractivity contribution is 4.75. The second kappa shape index (κ2) is 3.41. The summed E-state index contributed by atoms with van der Waals surface area (Å²) in [6, 6.07) is 0. The number of hydrogen-bond donors (Lipinski definition) is 0. The number of hydrogen-bond acceptors (Lipinski definition) is 0. The van der Waals surface area contributed by atoms with Crippen molar-refractivity contribution in [3.05, 3.63) is 0 Å². The predicted octanol–water partition coefficient (Wildman–Crippen LogP) is 3.76. The molecule has 1 rings (SSSR count). The number of rotatable bonds is 1. The first-order valence-electron chi connectivity index (χ1n) is 4.77. The van der Waals surface area contributed by atoms with Gasteiger partial charge in [0.2, 0.25) is 0 Å². The molecule has 0 N–H and O–H groups in total. The molecule has 1 saturated carbocycles. The van der Waals surface area contributed by atoms with Gasteiger partial charge in [-0.25, -0.2) is 0 Å². The minimum atomic E-state index is 0.705. The predicted molar refractivity (Wildman–Crippen MR) is 46.1 cm³/mol. The van der Waals surface area contributed by atoms with E-state index < -0.39 is 0 Å². The van der Waals surface area contributed by atoms with Crippen LogP contribution in [-0.4, -0.2) is 0 Å². The molecule has 0 heteroatoms. The summed E-state index contributed by atoms with van der Waals surface area (Å²) in [7, 11) is 0. The van der Waals surface area contributed by atoms with Crippen molar-refractivity contribution in [1.82, 2.24) is 0 Å². The van der Waals surface area contributed by atoms with Gasteiger partial charge in [0.25, 0.3) is 0 Å². The van der Waals surface area contributed by atoms with E-state index in [1.54, 1.807) is 0 Å². The molecule has 0 aliphatic heterocycles. The zero-order chi connectivity index (χ0) is 7.45. The molecule has 60 valence electrons. The fraction of sp³-hybridized carbons (Fsp3) is 1.00. The molecule has 0 aromatic carbocycles. The lowest BCUT2D eigenvalue weighted by atomic mass is 9.80. The van der Waals surface area contributed by atoms with Crippen molar-refractivity contribution in [2.75, 3.05) is 0 Å². The van der Waals surface area contributed by atoms with Gasteiger partial charge in [-0.3, -0.25) is 0 Å². The van der Waals surface area contributed by atoms with E-state index >= 15 is 0 Å². The van der Waals surface area contributed by atoms with Crippen LogP contribution in [0, 0.1) is 5.41 Å². The third kappa shape index (κ3) is 2.00. The van der Waals surface area contributed by atoms with Crippen molar-refractivity contribution in [3.63, 3.8) is 0 Å². The highest BCUT2D eigenvalue weighted by atomic mass is 14.3. The first-order valence-corrected chi connectivity index (χ1v) is 4.77. The van der Waals surface area contributed by atoms with Crippen LogP contribution in [0.25, 0.3) is 0 Å². The molecule has 0 spiro atoms. The smallest absolute Gasteiger partial charge is 0.0328 e. The third-order valence-corrected chi connectivity index (χ3v) is 3.16. The van der Waals surface area contributed by atoms with Crippen LogP contribution in [0.5, 0.6) is 0 Å². The van der Waals surface area contributed by atoms with Crippen LogP contribution >= 0.6 is 0 Å². The zero-order valence-corrected chi connectivity index (χ0v) is 7.45. The Labute approximate surface area is 65.0 Å². The molecular weight excluding hydrogens is 120 g/mol. The molecule has 0 aromatic heterocycles. The third-order valence-electron chi connectivity index (χ3n) is 3.16. The van der Waals surface area contributed by atoms with Gasteiger partial charge < -0.3 is 0 Å². The summed E-state index contributed by atoms with van der Waals surface area (Å²) in [6.07, 6.45) is 10.2. The van der Waals surface area contributed by atoms with Gasteiger partial charge in [0, 0.05) is 0 Å². The summed E-state index contributed by atoms with van der Waals surface area (Å²) < 4.78 is 0. The molecule has 0 bridgehead atoms. The molecule has 0 saturated heterocycles. The summed E-state index contributed by atoms with van der Waals surface area (Å²) in [4.78, 5) is 0. The van der Waals surface area contributed by atoms with Crippen molar-refractivity contribution >= 4 is 0 Å². The van der Waals surface area contributed by atoms with Crippen molar-refractivity contribution in [2.24, 2.45) is 5.41 Å². The van der Waals surface area contributed by atoms with E-state index in [9.17, 15) is 0 Å². The Morgan fingerprint density at radius 1 is 1.00 bits per heavy atom. The largest absolute Gasteiger partial charge is 0.0649 e. The van der Waals surface area contributed by atoms with Crippen LogP contribution in [0.3, 0.4) is 0 Å². The summed E-state index contributed by atoms with van der Waals surface area (Å²) in [5.74, 6) is 0. The Kier molecular flexibility index (Phi) is 2.76. The van der Waals surface area contributed by atoms with E-state index in [1.807, 2.05) is 0 Å². The highest BCUT2D eigenvalue weighted by Gasteiger charge is 2.22.